The third-order valence-electron chi connectivity index (χ3n) is 4.66. The van der Waals surface area contributed by atoms with E-state index in [0.29, 0.717) is 11.6 Å². The van der Waals surface area contributed by atoms with Gasteiger partial charge in [-0.1, -0.05) is 11.6 Å². The van der Waals surface area contributed by atoms with Gasteiger partial charge in [0.25, 0.3) is 0 Å². The minimum atomic E-state index is -1.69. The van der Waals surface area contributed by atoms with Crippen LogP contribution in [0.2, 0.25) is 5.02 Å². The smallest absolute Gasteiger partial charge is 0.197 e. The van der Waals surface area contributed by atoms with Crippen molar-refractivity contribution in [3.8, 4) is 6.07 Å². The monoisotopic (exact) mass is 402 g/mol. The number of hydrogen-bond donors (Lipinski definition) is 2. The van der Waals surface area contributed by atoms with Crippen molar-refractivity contribution in [1.82, 2.24) is 4.57 Å². The molecule has 9 heteroatoms. The molecule has 1 aromatic heterocycles. The third kappa shape index (κ3) is 2.40. The number of carbonyl (C=O) groups is 1. The molecule has 0 aliphatic carbocycles. The molecule has 2 heterocycles. The summed E-state index contributed by atoms with van der Waals surface area (Å²) in [5.41, 5.74) is -1.75. The Labute approximate surface area is 161 Å². The van der Waals surface area contributed by atoms with E-state index in [0.717, 1.165) is 0 Å². The Morgan fingerprint density at radius 3 is 2.46 bits per heavy atom. The molecule has 0 radical (unpaired) electrons. The first-order valence-electron chi connectivity index (χ1n) is 8.12. The summed E-state index contributed by atoms with van der Waals surface area (Å²) in [7, 11) is 0. The number of rotatable bonds is 2. The van der Waals surface area contributed by atoms with Crippen molar-refractivity contribution in [3.05, 3.63) is 68.9 Å². The van der Waals surface area contributed by atoms with Crippen molar-refractivity contribution in [2.75, 3.05) is 11.9 Å². The number of benzene rings is 2. The van der Waals surface area contributed by atoms with Gasteiger partial charge in [-0.05, 0) is 24.3 Å². The minimum absolute atomic E-state index is 0.0971. The molecule has 0 fully saturated rings. The number of nitrogens with one attached hydrogen (secondary N) is 2. The lowest BCUT2D eigenvalue weighted by atomic mass is 9.95. The highest BCUT2D eigenvalue weighted by atomic mass is 35.5. The Bertz CT molecular complexity index is 1280. The van der Waals surface area contributed by atoms with Gasteiger partial charge in [0.05, 0.1) is 10.9 Å². The number of fused-ring (bicyclic) bond motifs is 2. The summed E-state index contributed by atoms with van der Waals surface area (Å²) in [6.07, 6.45) is 0. The van der Waals surface area contributed by atoms with Crippen LogP contribution in [0.5, 0.6) is 0 Å². The van der Waals surface area contributed by atoms with E-state index in [2.05, 4.69) is 5.32 Å². The molecule has 3 aromatic rings. The molecular weight excluding hydrogens is 393 g/mol. The SMILES string of the molecule is N#Cc1c(F)c(F)c2c(C(=O)c3ccc(Cl)cc3)c3n(c(=N)c2c1F)CCN3. The maximum atomic E-state index is 14.9. The number of halogens is 4. The normalized spacial score (nSPS) is 12.5. The molecule has 2 aromatic carbocycles. The summed E-state index contributed by atoms with van der Waals surface area (Å²) in [6.45, 7) is 0.547. The van der Waals surface area contributed by atoms with E-state index in [1.165, 1.54) is 34.9 Å². The quantitative estimate of drug-likeness (QED) is 0.506. The summed E-state index contributed by atoms with van der Waals surface area (Å²) >= 11 is 5.83. The van der Waals surface area contributed by atoms with Gasteiger partial charge in [-0.15, -0.1) is 0 Å². The van der Waals surface area contributed by atoms with Crippen molar-refractivity contribution in [1.29, 1.82) is 10.7 Å². The van der Waals surface area contributed by atoms with Crippen LogP contribution in [0.1, 0.15) is 21.5 Å². The van der Waals surface area contributed by atoms with Crippen LogP contribution in [-0.2, 0) is 6.54 Å². The van der Waals surface area contributed by atoms with Crippen molar-refractivity contribution < 1.29 is 18.0 Å². The van der Waals surface area contributed by atoms with E-state index in [-0.39, 0.29) is 23.5 Å². The lowest BCUT2D eigenvalue weighted by molar-refractivity contribution is 0.104. The van der Waals surface area contributed by atoms with Crippen molar-refractivity contribution in [2.24, 2.45) is 0 Å². The number of aromatic nitrogens is 1. The summed E-state index contributed by atoms with van der Waals surface area (Å²) in [4.78, 5) is 13.1. The highest BCUT2D eigenvalue weighted by molar-refractivity contribution is 6.30. The summed E-state index contributed by atoms with van der Waals surface area (Å²) in [6, 6.07) is 7.02. The van der Waals surface area contributed by atoms with E-state index >= 15 is 0 Å². The van der Waals surface area contributed by atoms with Crippen molar-refractivity contribution in [2.45, 2.75) is 6.54 Å². The first-order valence-corrected chi connectivity index (χ1v) is 8.50. The molecule has 1 aliphatic rings. The fourth-order valence-electron chi connectivity index (χ4n) is 3.38. The molecule has 28 heavy (non-hydrogen) atoms. The Hall–Kier alpha value is -3.31. The van der Waals surface area contributed by atoms with E-state index in [1.807, 2.05) is 0 Å². The predicted molar refractivity (Wildman–Crippen MR) is 95.8 cm³/mol. The molecule has 0 saturated carbocycles. The average molecular weight is 403 g/mol. The molecular formula is C19H10ClF3N4O. The zero-order valence-corrected chi connectivity index (χ0v) is 14.8. The minimum Gasteiger partial charge on any atom is -0.369 e. The molecule has 0 unspecified atom stereocenters. The number of carbonyl (C=O) groups excluding carboxylic acids is 1. The van der Waals surface area contributed by atoms with Crippen LogP contribution in [0.4, 0.5) is 19.0 Å². The maximum absolute atomic E-state index is 14.9. The molecule has 0 saturated heterocycles. The summed E-state index contributed by atoms with van der Waals surface area (Å²) < 4.78 is 45.3. The van der Waals surface area contributed by atoms with Gasteiger partial charge in [-0.25, -0.2) is 13.2 Å². The van der Waals surface area contributed by atoms with Crippen LogP contribution >= 0.6 is 11.6 Å². The Morgan fingerprint density at radius 2 is 1.82 bits per heavy atom. The van der Waals surface area contributed by atoms with Gasteiger partial charge < -0.3 is 9.88 Å². The average Bonchev–Trinajstić information content (AvgIpc) is 3.16. The maximum Gasteiger partial charge on any atom is 0.197 e. The van der Waals surface area contributed by atoms with Crippen molar-refractivity contribution in [3.63, 3.8) is 0 Å². The van der Waals surface area contributed by atoms with Crippen LogP contribution in [0.25, 0.3) is 10.8 Å². The van der Waals surface area contributed by atoms with Crippen molar-refractivity contribution >= 4 is 34.0 Å². The second-order valence-electron chi connectivity index (χ2n) is 6.17. The van der Waals surface area contributed by atoms with Gasteiger partial charge in [-0.2, -0.15) is 5.26 Å². The Balaban J connectivity index is 2.19. The predicted octanol–water partition coefficient (Wildman–Crippen LogP) is 3.72. The zero-order valence-electron chi connectivity index (χ0n) is 14.0. The topological polar surface area (TPSA) is 81.7 Å². The summed E-state index contributed by atoms with van der Waals surface area (Å²) in [5.74, 6) is -5.20. The number of anilines is 1. The van der Waals surface area contributed by atoms with Gasteiger partial charge in [0.1, 0.15) is 22.9 Å². The van der Waals surface area contributed by atoms with Crippen LogP contribution in [-0.4, -0.2) is 16.9 Å². The molecule has 0 spiro atoms. The van der Waals surface area contributed by atoms with E-state index < -0.39 is 45.1 Å². The highest BCUT2D eigenvalue weighted by Gasteiger charge is 2.31. The zero-order chi connectivity index (χ0) is 20.2. The fourth-order valence-corrected chi connectivity index (χ4v) is 3.50. The van der Waals surface area contributed by atoms with Crippen LogP contribution in [0.3, 0.4) is 0 Å². The molecule has 0 amide bonds. The molecule has 2 N–H and O–H groups in total. The molecule has 1 aliphatic heterocycles. The van der Waals surface area contributed by atoms with Gasteiger partial charge in [-0.3, -0.25) is 10.2 Å². The van der Waals surface area contributed by atoms with E-state index in [9.17, 15) is 18.0 Å². The number of ketones is 1. The lowest BCUT2D eigenvalue weighted by Crippen LogP contribution is -2.24. The van der Waals surface area contributed by atoms with Gasteiger partial charge >= 0.3 is 0 Å². The molecule has 0 atom stereocenters. The van der Waals surface area contributed by atoms with Gasteiger partial charge in [0, 0.05) is 29.1 Å². The van der Waals surface area contributed by atoms with Crippen LogP contribution < -0.4 is 10.8 Å². The number of nitrogens with zero attached hydrogens (tertiary/aromatic N) is 2. The fraction of sp³-hybridized carbons (Fsp3) is 0.105. The Kier molecular flexibility index (Phi) is 4.12. The third-order valence-corrected chi connectivity index (χ3v) is 4.91. The van der Waals surface area contributed by atoms with E-state index in [4.69, 9.17) is 22.3 Å². The first-order chi connectivity index (χ1) is 13.4. The lowest BCUT2D eigenvalue weighted by Gasteiger charge is -2.16. The second-order valence-corrected chi connectivity index (χ2v) is 6.60. The Morgan fingerprint density at radius 1 is 1.14 bits per heavy atom. The van der Waals surface area contributed by atoms with Gasteiger partial charge in [0.15, 0.2) is 23.2 Å². The van der Waals surface area contributed by atoms with Crippen LogP contribution in [0.15, 0.2) is 24.3 Å². The van der Waals surface area contributed by atoms with E-state index in [1.54, 1.807) is 0 Å². The largest absolute Gasteiger partial charge is 0.369 e. The standard InChI is InChI=1S/C19H10ClF3N4O/c20-9-3-1-8(2-4-9)17(28)13-11-12(18(25)27-6-5-26-19(13)27)14(21)10(7-24)15(22)16(11)23/h1-4,25-26H,5-6H2. The number of hydrogen-bond acceptors (Lipinski definition) is 4. The molecule has 0 bridgehead atoms. The van der Waals surface area contributed by atoms with Gasteiger partial charge in [0.2, 0.25) is 0 Å². The number of nitriles is 1. The van der Waals surface area contributed by atoms with Crippen LogP contribution in [0, 0.1) is 34.2 Å². The first kappa shape index (κ1) is 18.1. The second kappa shape index (κ2) is 6.39. The molecule has 140 valence electrons. The summed E-state index contributed by atoms with van der Waals surface area (Å²) in [5, 5.41) is 19.2. The highest BCUT2D eigenvalue weighted by Crippen LogP contribution is 2.34. The number of pyridine rings is 1. The molecule has 5 nitrogen and oxygen atoms in total. The molecule has 4 rings (SSSR count).